The van der Waals surface area contributed by atoms with Crippen LogP contribution in [0.2, 0.25) is 0 Å². The van der Waals surface area contributed by atoms with E-state index in [0.29, 0.717) is 12.8 Å². The molecule has 0 aliphatic rings. The molecular weight excluding hydrogens is 858 g/mol. The molecule has 0 heterocycles. The smallest absolute Gasteiger partial charge is 0.462 e. The standard InChI is InChI=1S/C57H92NO8P/c1-3-5-7-9-11-13-15-17-19-21-23-24-25-26-27-28-29-30-32-34-36-38-40-42-44-46-48-50-57(60)66-55(54-65-67(61,62)64-52-51-58)53-63-56(59)49-47-45-43-41-39-37-35-33-31-22-20-18-16-14-12-10-8-6-4-2/h5-8,11-14,17-20,23-24,26-27,29-31,33,37,39,55H,3-4,9-10,15-16,21-22,25,28,32,34-36,38,40-54,58H2,1-2H3,(H,61,62)/b7-5-,8-6-,13-11-,14-12-,19-17-,20-18-,24-23-,27-26-,30-29-,33-31-,39-37-. The summed E-state index contributed by atoms with van der Waals surface area (Å²) in [6, 6.07) is 0. The first-order chi connectivity index (χ1) is 32.8. The zero-order chi connectivity index (χ0) is 48.8. The van der Waals surface area contributed by atoms with Crippen LogP contribution in [-0.4, -0.2) is 49.3 Å². The number of ether oxygens (including phenoxy) is 2. The van der Waals surface area contributed by atoms with Crippen molar-refractivity contribution >= 4 is 19.8 Å². The number of phosphoric ester groups is 1. The molecule has 0 bridgehead atoms. The Kier molecular flexibility index (Phi) is 48.6. The molecule has 2 atom stereocenters. The molecule has 378 valence electrons. The highest BCUT2D eigenvalue weighted by molar-refractivity contribution is 7.47. The van der Waals surface area contributed by atoms with Gasteiger partial charge in [-0.25, -0.2) is 4.57 Å². The number of unbranched alkanes of at least 4 members (excludes halogenated alkanes) is 11. The number of nitrogens with two attached hydrogens (primary N) is 1. The van der Waals surface area contributed by atoms with Crippen LogP contribution in [0.1, 0.15) is 181 Å². The number of hydrogen-bond donors (Lipinski definition) is 2. The molecule has 0 rings (SSSR count). The maximum atomic E-state index is 12.7. The lowest BCUT2D eigenvalue weighted by molar-refractivity contribution is -0.161. The van der Waals surface area contributed by atoms with E-state index >= 15 is 0 Å². The number of carbonyl (C=O) groups is 2. The van der Waals surface area contributed by atoms with E-state index in [1.54, 1.807) is 0 Å². The predicted molar refractivity (Wildman–Crippen MR) is 284 cm³/mol. The first-order valence-corrected chi connectivity index (χ1v) is 27.2. The number of hydrogen-bond acceptors (Lipinski definition) is 8. The molecule has 9 nitrogen and oxygen atoms in total. The van der Waals surface area contributed by atoms with Gasteiger partial charge >= 0.3 is 19.8 Å². The monoisotopic (exact) mass is 950 g/mol. The Morgan fingerprint density at radius 1 is 0.448 bits per heavy atom. The molecular formula is C57H92NO8P. The van der Waals surface area contributed by atoms with Crippen molar-refractivity contribution in [3.63, 3.8) is 0 Å². The van der Waals surface area contributed by atoms with E-state index in [-0.39, 0.29) is 32.6 Å². The average molecular weight is 950 g/mol. The number of esters is 2. The Balaban J connectivity index is 4.16. The van der Waals surface area contributed by atoms with Gasteiger partial charge in [0.25, 0.3) is 0 Å². The van der Waals surface area contributed by atoms with E-state index in [4.69, 9.17) is 24.3 Å². The van der Waals surface area contributed by atoms with Crippen LogP contribution in [-0.2, 0) is 32.7 Å². The molecule has 0 spiro atoms. The summed E-state index contributed by atoms with van der Waals surface area (Å²) in [5.41, 5.74) is 5.36. The number of carbonyl (C=O) groups excluding carboxylic acids is 2. The van der Waals surface area contributed by atoms with Crippen molar-refractivity contribution in [2.45, 2.75) is 187 Å². The molecule has 0 aromatic heterocycles. The van der Waals surface area contributed by atoms with Crippen molar-refractivity contribution in [1.82, 2.24) is 0 Å². The van der Waals surface area contributed by atoms with E-state index < -0.39 is 32.5 Å². The molecule has 0 radical (unpaired) electrons. The van der Waals surface area contributed by atoms with Crippen LogP contribution in [0.5, 0.6) is 0 Å². The number of phosphoric acid groups is 1. The summed E-state index contributed by atoms with van der Waals surface area (Å²) in [6.07, 6.45) is 72.0. The van der Waals surface area contributed by atoms with Crippen molar-refractivity contribution in [3.05, 3.63) is 134 Å². The van der Waals surface area contributed by atoms with Crippen molar-refractivity contribution < 1.29 is 37.6 Å². The third-order valence-electron chi connectivity index (χ3n) is 10.0. The molecule has 0 aromatic rings. The van der Waals surface area contributed by atoms with Gasteiger partial charge in [0.1, 0.15) is 6.61 Å². The van der Waals surface area contributed by atoms with Crippen molar-refractivity contribution in [3.8, 4) is 0 Å². The van der Waals surface area contributed by atoms with Gasteiger partial charge in [-0.1, -0.05) is 192 Å². The van der Waals surface area contributed by atoms with Crippen LogP contribution >= 0.6 is 7.82 Å². The molecule has 2 unspecified atom stereocenters. The molecule has 10 heteroatoms. The molecule has 3 N–H and O–H groups in total. The summed E-state index contributed by atoms with van der Waals surface area (Å²) >= 11 is 0. The molecule has 0 aliphatic heterocycles. The third kappa shape index (κ3) is 51.4. The summed E-state index contributed by atoms with van der Waals surface area (Å²) in [6.45, 7) is 3.44. The van der Waals surface area contributed by atoms with Gasteiger partial charge in [-0.3, -0.25) is 18.6 Å². The van der Waals surface area contributed by atoms with Gasteiger partial charge < -0.3 is 20.1 Å². The van der Waals surface area contributed by atoms with Gasteiger partial charge in [0.2, 0.25) is 0 Å². The summed E-state index contributed by atoms with van der Waals surface area (Å²) in [5, 5.41) is 0. The van der Waals surface area contributed by atoms with E-state index in [1.165, 1.54) is 25.7 Å². The normalized spacial score (nSPS) is 14.3. The van der Waals surface area contributed by atoms with Gasteiger partial charge in [-0.15, -0.1) is 0 Å². The van der Waals surface area contributed by atoms with Crippen LogP contribution < -0.4 is 5.73 Å². The summed E-state index contributed by atoms with van der Waals surface area (Å²) < 4.78 is 32.9. The Hall–Kier alpha value is -3.85. The highest BCUT2D eigenvalue weighted by atomic mass is 31.2. The van der Waals surface area contributed by atoms with Crippen molar-refractivity contribution in [2.75, 3.05) is 26.4 Å². The first kappa shape index (κ1) is 63.1. The fourth-order valence-electron chi connectivity index (χ4n) is 6.31. The second kappa shape index (κ2) is 51.5. The van der Waals surface area contributed by atoms with Crippen LogP contribution in [0.3, 0.4) is 0 Å². The van der Waals surface area contributed by atoms with E-state index in [0.717, 1.165) is 116 Å². The predicted octanol–water partition coefficient (Wildman–Crippen LogP) is 15.8. The molecule has 0 saturated heterocycles. The SMILES string of the molecule is CC/C=C\C/C=C\C/C=C\C/C=C\C/C=C\C/C=C\CCCCCCCCCCC(=O)OC(COC(=O)CCCCC/C=C\C/C=C\C/C=C\C/C=C\C/C=C\CC)COP(=O)(O)OCCN. The average Bonchev–Trinajstić information content (AvgIpc) is 3.32. The fourth-order valence-corrected chi connectivity index (χ4v) is 7.08. The third-order valence-corrected chi connectivity index (χ3v) is 11.0. The molecule has 0 fully saturated rings. The van der Waals surface area contributed by atoms with E-state index in [2.05, 4.69) is 148 Å². The van der Waals surface area contributed by atoms with Gasteiger partial charge in [-0.05, 0) is 109 Å². The van der Waals surface area contributed by atoms with Gasteiger partial charge in [0, 0.05) is 19.4 Å². The van der Waals surface area contributed by atoms with Crippen LogP contribution in [0.15, 0.2) is 134 Å². The highest BCUT2D eigenvalue weighted by Gasteiger charge is 2.26. The summed E-state index contributed by atoms with van der Waals surface area (Å²) in [7, 11) is -4.41. The topological polar surface area (TPSA) is 134 Å². The number of allylic oxidation sites excluding steroid dienone is 22. The zero-order valence-electron chi connectivity index (χ0n) is 41.8. The largest absolute Gasteiger partial charge is 0.472 e. The number of rotatable bonds is 46. The highest BCUT2D eigenvalue weighted by Crippen LogP contribution is 2.43. The minimum Gasteiger partial charge on any atom is -0.462 e. The van der Waals surface area contributed by atoms with E-state index in [1.807, 2.05) is 0 Å². The van der Waals surface area contributed by atoms with Crippen molar-refractivity contribution in [1.29, 1.82) is 0 Å². The second-order valence-electron chi connectivity index (χ2n) is 16.3. The van der Waals surface area contributed by atoms with E-state index in [9.17, 15) is 19.0 Å². The van der Waals surface area contributed by atoms with Gasteiger partial charge in [-0.2, -0.15) is 0 Å². The van der Waals surface area contributed by atoms with Crippen LogP contribution in [0, 0.1) is 0 Å². The summed E-state index contributed by atoms with van der Waals surface area (Å²) in [4.78, 5) is 35.1. The zero-order valence-corrected chi connectivity index (χ0v) is 42.7. The molecule has 0 saturated carbocycles. The Labute approximate surface area is 408 Å². The van der Waals surface area contributed by atoms with Crippen LogP contribution in [0.25, 0.3) is 0 Å². The quantitative estimate of drug-likeness (QED) is 0.0265. The fraction of sp³-hybridized carbons (Fsp3) is 0.579. The maximum absolute atomic E-state index is 12.7. The molecule has 0 amide bonds. The lowest BCUT2D eigenvalue weighted by Crippen LogP contribution is -2.29. The van der Waals surface area contributed by atoms with Gasteiger partial charge in [0.15, 0.2) is 6.10 Å². The van der Waals surface area contributed by atoms with Crippen LogP contribution in [0.4, 0.5) is 0 Å². The molecule has 67 heavy (non-hydrogen) atoms. The minimum atomic E-state index is -4.41. The second-order valence-corrected chi connectivity index (χ2v) is 17.7. The summed E-state index contributed by atoms with van der Waals surface area (Å²) in [5.74, 6) is -0.888. The lowest BCUT2D eigenvalue weighted by Gasteiger charge is -2.19. The lowest BCUT2D eigenvalue weighted by atomic mass is 10.1. The Bertz CT molecular complexity index is 1550. The Morgan fingerprint density at radius 3 is 1.16 bits per heavy atom. The molecule has 0 aliphatic carbocycles. The first-order valence-electron chi connectivity index (χ1n) is 25.7. The van der Waals surface area contributed by atoms with Crippen molar-refractivity contribution in [2.24, 2.45) is 5.73 Å². The van der Waals surface area contributed by atoms with Gasteiger partial charge in [0.05, 0.1) is 13.2 Å². The molecule has 0 aromatic carbocycles. The maximum Gasteiger partial charge on any atom is 0.472 e. The minimum absolute atomic E-state index is 0.0390. The Morgan fingerprint density at radius 2 is 0.776 bits per heavy atom.